The number of hydrogen-bond acceptors (Lipinski definition) is 4. The second-order valence-corrected chi connectivity index (χ2v) is 8.90. The van der Waals surface area contributed by atoms with Crippen LogP contribution in [0, 0.1) is 5.92 Å². The molecule has 28 heavy (non-hydrogen) atoms. The Hall–Kier alpha value is -2.28. The maximum atomic E-state index is 12.4. The molecule has 0 aromatic heterocycles. The molecule has 0 bridgehead atoms. The highest BCUT2D eigenvalue weighted by Gasteiger charge is 2.37. The van der Waals surface area contributed by atoms with Crippen LogP contribution in [-0.4, -0.2) is 52.8 Å². The van der Waals surface area contributed by atoms with Crippen molar-refractivity contribution in [2.45, 2.75) is 64.1 Å². The van der Waals surface area contributed by atoms with E-state index in [9.17, 15) is 9.59 Å². The van der Waals surface area contributed by atoms with E-state index in [2.05, 4.69) is 15.5 Å². The minimum absolute atomic E-state index is 0.0659. The lowest BCUT2D eigenvalue weighted by Crippen LogP contribution is -2.55. The molecule has 7 nitrogen and oxygen atoms in total. The van der Waals surface area contributed by atoms with Gasteiger partial charge in [0.1, 0.15) is 11.4 Å². The summed E-state index contributed by atoms with van der Waals surface area (Å²) in [4.78, 5) is 25.6. The van der Waals surface area contributed by atoms with Gasteiger partial charge in [-0.25, -0.2) is 4.79 Å². The summed E-state index contributed by atoms with van der Waals surface area (Å²) in [6.07, 6.45) is 3.97. The molecule has 2 fully saturated rings. The van der Waals surface area contributed by atoms with E-state index in [-0.39, 0.29) is 30.3 Å². The number of rotatable bonds is 8. The Morgan fingerprint density at radius 2 is 1.89 bits per heavy atom. The number of para-hydroxylation sites is 2. The number of benzene rings is 1. The van der Waals surface area contributed by atoms with Crippen molar-refractivity contribution in [1.29, 1.82) is 0 Å². The molecule has 0 aliphatic heterocycles. The van der Waals surface area contributed by atoms with Crippen molar-refractivity contribution in [3.8, 4) is 5.75 Å². The fourth-order valence-corrected chi connectivity index (χ4v) is 3.48. The molecule has 0 atom stereocenters. The van der Waals surface area contributed by atoms with Gasteiger partial charge in [0.2, 0.25) is 0 Å². The van der Waals surface area contributed by atoms with Gasteiger partial charge in [0.15, 0.2) is 0 Å². The van der Waals surface area contributed by atoms with Crippen LogP contribution in [0.25, 0.3) is 0 Å². The Kier molecular flexibility index (Phi) is 6.13. The zero-order valence-electron chi connectivity index (χ0n) is 16.9. The van der Waals surface area contributed by atoms with E-state index in [1.807, 2.05) is 45.0 Å². The topological polar surface area (TPSA) is 90.9 Å². The molecule has 2 saturated carbocycles. The zero-order chi connectivity index (χ0) is 20.3. The zero-order valence-corrected chi connectivity index (χ0v) is 16.9. The first-order valence-electron chi connectivity index (χ1n) is 10.0. The fraction of sp³-hybridized carbons (Fsp3) is 0.619. The first-order valence-corrected chi connectivity index (χ1v) is 10.0. The number of ether oxygens (including phenoxy) is 1. The van der Waals surface area contributed by atoms with Crippen molar-refractivity contribution in [1.82, 2.24) is 10.2 Å². The van der Waals surface area contributed by atoms with E-state index in [1.165, 1.54) is 12.8 Å². The number of carboxylic acid groups (broad SMARTS) is 1. The minimum atomic E-state index is -0.787. The van der Waals surface area contributed by atoms with Gasteiger partial charge in [0.25, 0.3) is 0 Å². The summed E-state index contributed by atoms with van der Waals surface area (Å²) in [6, 6.07) is 7.41. The van der Waals surface area contributed by atoms with Crippen molar-refractivity contribution < 1.29 is 19.4 Å². The van der Waals surface area contributed by atoms with E-state index in [4.69, 9.17) is 9.84 Å². The van der Waals surface area contributed by atoms with Crippen LogP contribution >= 0.6 is 0 Å². The number of hydrogen-bond donors (Lipinski definition) is 3. The van der Waals surface area contributed by atoms with Gasteiger partial charge < -0.3 is 20.5 Å². The van der Waals surface area contributed by atoms with Crippen LogP contribution < -0.4 is 15.4 Å². The number of carbonyl (C=O) groups excluding carboxylic acids is 1. The molecular formula is C21H31N3O4. The first-order chi connectivity index (χ1) is 13.2. The van der Waals surface area contributed by atoms with Crippen LogP contribution in [0.2, 0.25) is 0 Å². The van der Waals surface area contributed by atoms with Gasteiger partial charge in [-0.15, -0.1) is 0 Å². The van der Waals surface area contributed by atoms with Crippen molar-refractivity contribution >= 4 is 17.7 Å². The monoisotopic (exact) mass is 389 g/mol. The van der Waals surface area contributed by atoms with Gasteiger partial charge in [-0.1, -0.05) is 12.1 Å². The molecule has 1 aromatic rings. The summed E-state index contributed by atoms with van der Waals surface area (Å²) in [7, 11) is 0. The molecule has 0 unspecified atom stereocenters. The Balaban J connectivity index is 1.48. The average molecular weight is 389 g/mol. The van der Waals surface area contributed by atoms with Crippen LogP contribution in [0.3, 0.4) is 0 Å². The lowest BCUT2D eigenvalue weighted by molar-refractivity contribution is -0.139. The van der Waals surface area contributed by atoms with Crippen LogP contribution in [-0.2, 0) is 4.79 Å². The third-order valence-corrected chi connectivity index (χ3v) is 5.04. The van der Waals surface area contributed by atoms with E-state index < -0.39 is 5.97 Å². The van der Waals surface area contributed by atoms with Gasteiger partial charge in [-0.05, 0) is 64.5 Å². The van der Waals surface area contributed by atoms with E-state index >= 15 is 0 Å². The molecule has 2 aliphatic rings. The van der Waals surface area contributed by atoms with Crippen LogP contribution in [0.5, 0.6) is 5.75 Å². The van der Waals surface area contributed by atoms with Crippen molar-refractivity contribution in [3.63, 3.8) is 0 Å². The maximum absolute atomic E-state index is 12.4. The number of nitrogens with one attached hydrogen (secondary N) is 2. The second kappa shape index (κ2) is 8.39. The summed E-state index contributed by atoms with van der Waals surface area (Å²) in [5, 5.41) is 15.0. The summed E-state index contributed by atoms with van der Waals surface area (Å²) in [5.74, 6) is 0.493. The van der Waals surface area contributed by atoms with E-state index in [1.54, 1.807) is 0 Å². The second-order valence-electron chi connectivity index (χ2n) is 8.90. The lowest BCUT2D eigenvalue weighted by Gasteiger charge is -2.42. The Bertz CT molecular complexity index is 706. The molecule has 7 heteroatoms. The molecule has 0 radical (unpaired) electrons. The summed E-state index contributed by atoms with van der Waals surface area (Å²) >= 11 is 0. The predicted molar refractivity (Wildman–Crippen MR) is 108 cm³/mol. The summed E-state index contributed by atoms with van der Waals surface area (Å²) in [6.45, 7) is 6.82. The largest absolute Gasteiger partial charge is 0.486 e. The number of urea groups is 1. The first kappa shape index (κ1) is 20.5. The highest BCUT2D eigenvalue weighted by molar-refractivity contribution is 5.91. The quantitative estimate of drug-likeness (QED) is 0.634. The average Bonchev–Trinajstić information content (AvgIpc) is 3.34. The maximum Gasteiger partial charge on any atom is 0.319 e. The van der Waals surface area contributed by atoms with Crippen LogP contribution in [0.15, 0.2) is 24.3 Å². The molecule has 0 spiro atoms. The van der Waals surface area contributed by atoms with Gasteiger partial charge >= 0.3 is 12.0 Å². The number of carboxylic acids is 1. The van der Waals surface area contributed by atoms with Crippen molar-refractivity contribution in [3.05, 3.63) is 24.3 Å². The molecule has 2 aliphatic carbocycles. The molecule has 154 valence electrons. The Labute approximate surface area is 166 Å². The Morgan fingerprint density at radius 3 is 2.50 bits per heavy atom. The molecule has 0 heterocycles. The van der Waals surface area contributed by atoms with E-state index in [0.717, 1.165) is 19.4 Å². The molecule has 3 rings (SSSR count). The van der Waals surface area contributed by atoms with Gasteiger partial charge in [0.05, 0.1) is 12.2 Å². The normalized spacial score (nSPS) is 21.7. The van der Waals surface area contributed by atoms with Gasteiger partial charge in [-0.3, -0.25) is 9.69 Å². The van der Waals surface area contributed by atoms with Crippen LogP contribution in [0.4, 0.5) is 10.5 Å². The Morgan fingerprint density at radius 1 is 1.21 bits per heavy atom. The van der Waals surface area contributed by atoms with Crippen LogP contribution in [0.1, 0.15) is 46.5 Å². The summed E-state index contributed by atoms with van der Waals surface area (Å²) < 4.78 is 5.90. The van der Waals surface area contributed by atoms with Crippen molar-refractivity contribution in [2.75, 3.05) is 18.4 Å². The molecular weight excluding hydrogens is 358 g/mol. The molecule has 3 N–H and O–H groups in total. The highest BCUT2D eigenvalue weighted by atomic mass is 16.5. The molecule has 1 aromatic carbocycles. The van der Waals surface area contributed by atoms with Crippen molar-refractivity contribution in [2.24, 2.45) is 5.92 Å². The third kappa shape index (κ3) is 6.12. The molecule has 2 amide bonds. The lowest BCUT2D eigenvalue weighted by atomic mass is 9.85. The SMILES string of the molecule is CC(C)(C)Oc1ccccc1NC(=O)NC1CC(N(CC(=O)O)CC2CC2)C1. The third-order valence-electron chi connectivity index (χ3n) is 5.04. The number of nitrogens with zero attached hydrogens (tertiary/aromatic N) is 1. The summed E-state index contributed by atoms with van der Waals surface area (Å²) in [5.41, 5.74) is 0.275. The highest BCUT2D eigenvalue weighted by Crippen LogP contribution is 2.34. The van der Waals surface area contributed by atoms with Gasteiger partial charge in [0, 0.05) is 18.6 Å². The molecule has 0 saturated heterocycles. The number of amides is 2. The fourth-order valence-electron chi connectivity index (χ4n) is 3.48. The predicted octanol–water partition coefficient (Wildman–Crippen LogP) is 3.31. The smallest absolute Gasteiger partial charge is 0.319 e. The van der Waals surface area contributed by atoms with Gasteiger partial charge in [-0.2, -0.15) is 0 Å². The minimum Gasteiger partial charge on any atom is -0.486 e. The van der Waals surface area contributed by atoms with E-state index in [0.29, 0.717) is 17.4 Å². The number of aliphatic carboxylic acids is 1. The number of anilines is 1. The number of carbonyl (C=O) groups is 2. The standard InChI is InChI=1S/C21H31N3O4/c1-21(2,3)28-18-7-5-4-6-17(18)23-20(27)22-15-10-16(11-15)24(13-19(25)26)12-14-8-9-14/h4-7,14-16H,8-13H2,1-3H3,(H,25,26)(H2,22,23,27).